The summed E-state index contributed by atoms with van der Waals surface area (Å²) in [5.41, 5.74) is 8.72. The average Bonchev–Trinajstić information content (AvgIpc) is 2.38. The number of pyridine rings is 1. The second-order valence-corrected chi connectivity index (χ2v) is 4.45. The molecule has 0 aliphatic carbocycles. The quantitative estimate of drug-likeness (QED) is 0.896. The first-order valence-corrected chi connectivity index (χ1v) is 6.11. The Labute approximate surface area is 108 Å². The highest BCUT2D eigenvalue weighted by molar-refractivity contribution is 5.61. The van der Waals surface area contributed by atoms with Crippen molar-refractivity contribution in [3.05, 3.63) is 48.2 Å². The number of nitrogens with zero attached hydrogens (tertiary/aromatic N) is 1. The van der Waals surface area contributed by atoms with Gasteiger partial charge in [-0.3, -0.25) is 4.98 Å². The molecule has 0 saturated heterocycles. The van der Waals surface area contributed by atoms with E-state index in [9.17, 15) is 0 Å². The van der Waals surface area contributed by atoms with Crippen molar-refractivity contribution < 1.29 is 4.74 Å². The third kappa shape index (κ3) is 3.08. The van der Waals surface area contributed by atoms with Crippen molar-refractivity contribution in [2.45, 2.75) is 26.5 Å². The fourth-order valence-electron chi connectivity index (χ4n) is 1.77. The lowest BCUT2D eigenvalue weighted by molar-refractivity contribution is 0.242. The molecular formula is C15H18N2O. The van der Waals surface area contributed by atoms with E-state index >= 15 is 0 Å². The van der Waals surface area contributed by atoms with Gasteiger partial charge in [-0.05, 0) is 31.5 Å². The summed E-state index contributed by atoms with van der Waals surface area (Å²) in [4.78, 5) is 4.37. The van der Waals surface area contributed by atoms with Crippen LogP contribution in [0.4, 0.5) is 0 Å². The molecule has 0 fully saturated rings. The summed E-state index contributed by atoms with van der Waals surface area (Å²) in [5.74, 6) is 0.841. The van der Waals surface area contributed by atoms with E-state index in [-0.39, 0.29) is 6.10 Å². The molecule has 0 aliphatic rings. The van der Waals surface area contributed by atoms with E-state index in [1.807, 2.05) is 44.2 Å². The Morgan fingerprint density at radius 3 is 2.78 bits per heavy atom. The van der Waals surface area contributed by atoms with Gasteiger partial charge < -0.3 is 10.5 Å². The maximum Gasteiger partial charge on any atom is 0.123 e. The largest absolute Gasteiger partial charge is 0.491 e. The third-order valence-electron chi connectivity index (χ3n) is 2.56. The number of ether oxygens (including phenoxy) is 1. The molecule has 18 heavy (non-hydrogen) atoms. The third-order valence-corrected chi connectivity index (χ3v) is 2.56. The summed E-state index contributed by atoms with van der Waals surface area (Å²) in [7, 11) is 0. The van der Waals surface area contributed by atoms with E-state index < -0.39 is 0 Å². The molecule has 1 aromatic heterocycles. The van der Waals surface area contributed by atoms with Crippen molar-refractivity contribution in [1.29, 1.82) is 0 Å². The summed E-state index contributed by atoms with van der Waals surface area (Å²) in [6.45, 7) is 4.56. The summed E-state index contributed by atoms with van der Waals surface area (Å²) in [5, 5.41) is 0. The van der Waals surface area contributed by atoms with Gasteiger partial charge in [0, 0.05) is 24.4 Å². The van der Waals surface area contributed by atoms with Crippen LogP contribution in [0.15, 0.2) is 42.6 Å². The van der Waals surface area contributed by atoms with E-state index in [4.69, 9.17) is 10.5 Å². The number of nitrogens with two attached hydrogens (primary N) is 1. The normalized spacial score (nSPS) is 10.7. The summed E-state index contributed by atoms with van der Waals surface area (Å²) < 4.78 is 5.67. The summed E-state index contributed by atoms with van der Waals surface area (Å²) >= 11 is 0. The minimum absolute atomic E-state index is 0.163. The molecule has 0 amide bonds. The molecular weight excluding hydrogens is 224 g/mol. The van der Waals surface area contributed by atoms with Crippen molar-refractivity contribution in [1.82, 2.24) is 4.98 Å². The second kappa shape index (κ2) is 5.65. The number of benzene rings is 1. The van der Waals surface area contributed by atoms with Crippen LogP contribution in [0.3, 0.4) is 0 Å². The van der Waals surface area contributed by atoms with Gasteiger partial charge in [0.05, 0.1) is 11.8 Å². The van der Waals surface area contributed by atoms with Crippen molar-refractivity contribution in [3.8, 4) is 17.0 Å². The van der Waals surface area contributed by atoms with Crippen LogP contribution in [0, 0.1) is 0 Å². The van der Waals surface area contributed by atoms with Crippen molar-refractivity contribution in [3.63, 3.8) is 0 Å². The number of hydrogen-bond donors (Lipinski definition) is 1. The van der Waals surface area contributed by atoms with Crippen molar-refractivity contribution in [2.24, 2.45) is 5.73 Å². The van der Waals surface area contributed by atoms with E-state index in [1.165, 1.54) is 0 Å². The predicted molar refractivity (Wildman–Crippen MR) is 73.3 cm³/mol. The number of aromatic nitrogens is 1. The number of hydrogen-bond acceptors (Lipinski definition) is 3. The fourth-order valence-corrected chi connectivity index (χ4v) is 1.77. The van der Waals surface area contributed by atoms with Gasteiger partial charge in [0.15, 0.2) is 0 Å². The average molecular weight is 242 g/mol. The van der Waals surface area contributed by atoms with Gasteiger partial charge in [-0.15, -0.1) is 0 Å². The first-order chi connectivity index (χ1) is 8.69. The highest BCUT2D eigenvalue weighted by Crippen LogP contribution is 2.22. The molecule has 94 valence electrons. The van der Waals surface area contributed by atoms with Gasteiger partial charge in [0.2, 0.25) is 0 Å². The molecule has 0 saturated carbocycles. The maximum atomic E-state index is 5.67. The van der Waals surface area contributed by atoms with Gasteiger partial charge in [0.25, 0.3) is 0 Å². The maximum absolute atomic E-state index is 5.67. The van der Waals surface area contributed by atoms with Crippen LogP contribution in [0.2, 0.25) is 0 Å². The first kappa shape index (κ1) is 12.6. The molecule has 2 N–H and O–H groups in total. The van der Waals surface area contributed by atoms with Gasteiger partial charge in [-0.1, -0.05) is 18.2 Å². The van der Waals surface area contributed by atoms with Crippen LogP contribution in [0.25, 0.3) is 11.3 Å². The molecule has 2 aromatic rings. The zero-order valence-electron chi connectivity index (χ0n) is 10.8. The van der Waals surface area contributed by atoms with Crippen molar-refractivity contribution in [2.75, 3.05) is 0 Å². The molecule has 0 unspecified atom stereocenters. The van der Waals surface area contributed by atoms with Crippen LogP contribution >= 0.6 is 0 Å². The molecule has 0 radical (unpaired) electrons. The lowest BCUT2D eigenvalue weighted by Gasteiger charge is -2.10. The Balaban J connectivity index is 2.32. The zero-order chi connectivity index (χ0) is 13.0. The van der Waals surface area contributed by atoms with E-state index in [2.05, 4.69) is 11.1 Å². The first-order valence-electron chi connectivity index (χ1n) is 6.11. The van der Waals surface area contributed by atoms with Crippen LogP contribution in [0.1, 0.15) is 19.4 Å². The molecule has 0 aliphatic heterocycles. The Hall–Kier alpha value is -1.87. The van der Waals surface area contributed by atoms with Crippen LogP contribution in [-0.2, 0) is 6.54 Å². The topological polar surface area (TPSA) is 48.1 Å². The standard InChI is InChI=1S/C15H18N2O/c1-11(2)18-14-6-7-17-15(9-14)13-5-3-4-12(8-13)10-16/h3-9,11H,10,16H2,1-2H3. The van der Waals surface area contributed by atoms with Crippen LogP contribution < -0.4 is 10.5 Å². The molecule has 1 heterocycles. The zero-order valence-corrected chi connectivity index (χ0v) is 10.8. The van der Waals surface area contributed by atoms with Gasteiger partial charge >= 0.3 is 0 Å². The lowest BCUT2D eigenvalue weighted by atomic mass is 10.1. The lowest BCUT2D eigenvalue weighted by Crippen LogP contribution is -2.05. The Kier molecular flexibility index (Phi) is 3.95. The second-order valence-electron chi connectivity index (χ2n) is 4.45. The Morgan fingerprint density at radius 2 is 2.06 bits per heavy atom. The van der Waals surface area contributed by atoms with E-state index in [0.29, 0.717) is 6.54 Å². The fraction of sp³-hybridized carbons (Fsp3) is 0.267. The van der Waals surface area contributed by atoms with Crippen molar-refractivity contribution >= 4 is 0 Å². The molecule has 0 bridgehead atoms. The minimum atomic E-state index is 0.163. The Morgan fingerprint density at radius 1 is 1.22 bits per heavy atom. The summed E-state index contributed by atoms with van der Waals surface area (Å²) in [6.07, 6.45) is 1.93. The molecule has 0 spiro atoms. The van der Waals surface area contributed by atoms with Crippen LogP contribution in [-0.4, -0.2) is 11.1 Å². The molecule has 0 atom stereocenters. The predicted octanol–water partition coefficient (Wildman–Crippen LogP) is 2.99. The highest BCUT2D eigenvalue weighted by atomic mass is 16.5. The Bertz CT molecular complexity index is 523. The van der Waals surface area contributed by atoms with E-state index in [1.54, 1.807) is 6.20 Å². The van der Waals surface area contributed by atoms with Gasteiger partial charge in [-0.25, -0.2) is 0 Å². The highest BCUT2D eigenvalue weighted by Gasteiger charge is 2.03. The molecule has 1 aromatic carbocycles. The molecule has 3 heteroatoms. The van der Waals surface area contributed by atoms with Gasteiger partial charge in [0.1, 0.15) is 5.75 Å². The molecule has 3 nitrogen and oxygen atoms in total. The number of rotatable bonds is 4. The minimum Gasteiger partial charge on any atom is -0.491 e. The van der Waals surface area contributed by atoms with Gasteiger partial charge in [-0.2, -0.15) is 0 Å². The smallest absolute Gasteiger partial charge is 0.123 e. The molecule has 2 rings (SSSR count). The van der Waals surface area contributed by atoms with Crippen LogP contribution in [0.5, 0.6) is 5.75 Å². The summed E-state index contributed by atoms with van der Waals surface area (Å²) in [6, 6.07) is 11.9. The van der Waals surface area contributed by atoms with E-state index in [0.717, 1.165) is 22.6 Å². The SMILES string of the molecule is CC(C)Oc1ccnc(-c2cccc(CN)c2)c1. The monoisotopic (exact) mass is 242 g/mol.